The van der Waals surface area contributed by atoms with Gasteiger partial charge in [0.1, 0.15) is 5.82 Å². The van der Waals surface area contributed by atoms with Crippen LogP contribution in [0.2, 0.25) is 0 Å². The standard InChI is InChI=1S/C25H32N6O3S2/c1-4-31-14-6-8-19(31)16-26-23-21(22-9-7-15-35-22)17-27-24(29-23)28-18-10-12-20(13-11-18)36(3,33)30-25(32)34-5-2/h7,9-13,15,17,19H,4-6,8,14,16H2,1-3H3,(H2,26,27,28,29). The van der Waals surface area contributed by atoms with Gasteiger partial charge in [-0.1, -0.05) is 13.0 Å². The third kappa shape index (κ3) is 6.40. The molecule has 0 spiro atoms. The summed E-state index contributed by atoms with van der Waals surface area (Å²) in [4.78, 5) is 25.0. The van der Waals surface area contributed by atoms with Crippen LogP contribution >= 0.6 is 11.3 Å². The van der Waals surface area contributed by atoms with Gasteiger partial charge < -0.3 is 15.4 Å². The van der Waals surface area contributed by atoms with Crippen LogP contribution in [0.15, 0.2) is 57.2 Å². The highest BCUT2D eigenvalue weighted by Crippen LogP contribution is 2.31. The van der Waals surface area contributed by atoms with Crippen molar-refractivity contribution >= 4 is 44.6 Å². The molecule has 11 heteroatoms. The summed E-state index contributed by atoms with van der Waals surface area (Å²) in [6.45, 7) is 7.08. The molecule has 0 saturated carbocycles. The summed E-state index contributed by atoms with van der Waals surface area (Å²) in [5.41, 5.74) is 1.70. The first-order valence-electron chi connectivity index (χ1n) is 12.0. The van der Waals surface area contributed by atoms with Gasteiger partial charge in [-0.2, -0.15) is 4.98 Å². The Bertz CT molecular complexity index is 1290. The third-order valence-electron chi connectivity index (χ3n) is 6.05. The lowest BCUT2D eigenvalue weighted by atomic mass is 10.2. The molecule has 3 heterocycles. The molecular weight excluding hydrogens is 496 g/mol. The number of thiophene rings is 1. The van der Waals surface area contributed by atoms with E-state index >= 15 is 0 Å². The average Bonchev–Trinajstić information content (AvgIpc) is 3.55. The van der Waals surface area contributed by atoms with E-state index < -0.39 is 15.8 Å². The summed E-state index contributed by atoms with van der Waals surface area (Å²) in [6, 6.07) is 11.5. The van der Waals surface area contributed by atoms with E-state index in [9.17, 15) is 9.00 Å². The van der Waals surface area contributed by atoms with E-state index in [1.165, 1.54) is 19.1 Å². The van der Waals surface area contributed by atoms with Crippen molar-refractivity contribution in [2.24, 2.45) is 4.36 Å². The van der Waals surface area contributed by atoms with E-state index in [-0.39, 0.29) is 6.61 Å². The number of nitrogens with one attached hydrogen (secondary N) is 2. The molecule has 192 valence electrons. The number of hydrogen-bond donors (Lipinski definition) is 2. The maximum atomic E-state index is 12.8. The molecule has 36 heavy (non-hydrogen) atoms. The van der Waals surface area contributed by atoms with Crippen molar-refractivity contribution in [3.8, 4) is 10.4 Å². The van der Waals surface area contributed by atoms with Gasteiger partial charge in [0.15, 0.2) is 0 Å². The van der Waals surface area contributed by atoms with Gasteiger partial charge in [0.05, 0.1) is 21.9 Å². The quantitative estimate of drug-likeness (QED) is 0.377. The number of carbonyl (C=O) groups excluding carboxylic acids is 1. The van der Waals surface area contributed by atoms with Crippen molar-refractivity contribution in [1.82, 2.24) is 14.9 Å². The summed E-state index contributed by atoms with van der Waals surface area (Å²) in [5.74, 6) is 1.25. The fourth-order valence-electron chi connectivity index (χ4n) is 4.21. The van der Waals surface area contributed by atoms with E-state index in [1.807, 2.05) is 17.6 Å². The normalized spacial score (nSPS) is 17.4. The Morgan fingerprint density at radius 1 is 1.28 bits per heavy atom. The Morgan fingerprint density at radius 3 is 2.78 bits per heavy atom. The van der Waals surface area contributed by atoms with Crippen LogP contribution in [0.1, 0.15) is 26.7 Å². The highest BCUT2D eigenvalue weighted by molar-refractivity contribution is 7.93. The first-order valence-corrected chi connectivity index (χ1v) is 14.8. The Hall–Kier alpha value is -3.02. The van der Waals surface area contributed by atoms with Crippen molar-refractivity contribution in [3.63, 3.8) is 0 Å². The number of amides is 1. The number of anilines is 3. The maximum absolute atomic E-state index is 12.8. The number of likely N-dealkylation sites (N-methyl/N-ethyl adjacent to an activating group) is 1. The van der Waals surface area contributed by atoms with Crippen LogP contribution in [-0.4, -0.2) is 63.7 Å². The third-order valence-corrected chi connectivity index (χ3v) is 8.60. The van der Waals surface area contributed by atoms with Crippen LogP contribution in [-0.2, 0) is 14.5 Å². The second-order valence-corrected chi connectivity index (χ2v) is 11.7. The number of aromatic nitrogens is 2. The SMILES string of the molecule is CCOC(=O)N=S(C)(=O)c1ccc(Nc2ncc(-c3cccs3)c(NCC3CCCN3CC)n2)cc1. The molecule has 1 aliphatic heterocycles. The molecule has 2 atom stereocenters. The second kappa shape index (κ2) is 11.8. The molecule has 1 aliphatic rings. The molecule has 2 aromatic heterocycles. The fourth-order valence-corrected chi connectivity index (χ4v) is 6.03. The molecule has 1 saturated heterocycles. The molecule has 1 amide bonds. The number of likely N-dealkylation sites (tertiary alicyclic amines) is 1. The van der Waals surface area contributed by atoms with Gasteiger partial charge in [0.25, 0.3) is 0 Å². The summed E-state index contributed by atoms with van der Waals surface area (Å²) in [5, 5.41) is 8.84. The lowest BCUT2D eigenvalue weighted by Gasteiger charge is -2.23. The van der Waals surface area contributed by atoms with Gasteiger partial charge in [-0.25, -0.2) is 14.0 Å². The minimum absolute atomic E-state index is 0.181. The van der Waals surface area contributed by atoms with Gasteiger partial charge in [-0.15, -0.1) is 15.7 Å². The highest BCUT2D eigenvalue weighted by Gasteiger charge is 2.23. The second-order valence-electron chi connectivity index (χ2n) is 8.48. The molecule has 1 aromatic carbocycles. The molecule has 1 fully saturated rings. The number of hydrogen-bond acceptors (Lipinski definition) is 9. The van der Waals surface area contributed by atoms with Crippen LogP contribution in [0.3, 0.4) is 0 Å². The molecule has 9 nitrogen and oxygen atoms in total. The van der Waals surface area contributed by atoms with E-state index in [1.54, 1.807) is 42.5 Å². The monoisotopic (exact) mass is 528 g/mol. The van der Waals surface area contributed by atoms with Crippen LogP contribution in [0.25, 0.3) is 10.4 Å². The average molecular weight is 529 g/mol. The number of benzene rings is 1. The van der Waals surface area contributed by atoms with Crippen molar-refractivity contribution in [1.29, 1.82) is 0 Å². The Morgan fingerprint density at radius 2 is 2.08 bits per heavy atom. The molecule has 3 aromatic rings. The zero-order valence-electron chi connectivity index (χ0n) is 20.8. The zero-order valence-corrected chi connectivity index (χ0v) is 22.4. The highest BCUT2D eigenvalue weighted by atomic mass is 32.2. The number of rotatable bonds is 9. The minimum Gasteiger partial charge on any atom is -0.448 e. The van der Waals surface area contributed by atoms with E-state index in [4.69, 9.17) is 9.72 Å². The Balaban J connectivity index is 1.52. The summed E-state index contributed by atoms with van der Waals surface area (Å²) < 4.78 is 21.3. The number of ether oxygens (including phenoxy) is 1. The van der Waals surface area contributed by atoms with Crippen LogP contribution in [0.5, 0.6) is 0 Å². The first-order chi connectivity index (χ1) is 17.4. The Kier molecular flexibility index (Phi) is 8.55. The Labute approximate surface area is 216 Å². The summed E-state index contributed by atoms with van der Waals surface area (Å²) in [6.07, 6.45) is 4.83. The molecule has 2 N–H and O–H groups in total. The number of nitrogens with zero attached hydrogens (tertiary/aromatic N) is 4. The summed E-state index contributed by atoms with van der Waals surface area (Å²) >= 11 is 1.65. The van der Waals surface area contributed by atoms with Gasteiger partial charge in [0.2, 0.25) is 5.95 Å². The predicted octanol–water partition coefficient (Wildman–Crippen LogP) is 5.46. The van der Waals surface area contributed by atoms with E-state index in [2.05, 4.69) is 37.9 Å². The van der Waals surface area contributed by atoms with Crippen molar-refractivity contribution in [2.75, 3.05) is 43.1 Å². The van der Waals surface area contributed by atoms with Crippen molar-refractivity contribution in [2.45, 2.75) is 37.6 Å². The van der Waals surface area contributed by atoms with Crippen molar-refractivity contribution in [3.05, 3.63) is 48.0 Å². The van der Waals surface area contributed by atoms with Crippen LogP contribution in [0.4, 0.5) is 22.2 Å². The van der Waals surface area contributed by atoms with Gasteiger partial charge >= 0.3 is 6.09 Å². The number of carbonyl (C=O) groups is 1. The lowest BCUT2D eigenvalue weighted by Crippen LogP contribution is -2.34. The molecular formula is C25H32N6O3S2. The minimum atomic E-state index is -2.90. The van der Waals surface area contributed by atoms with Gasteiger partial charge in [0, 0.05) is 40.5 Å². The van der Waals surface area contributed by atoms with Crippen LogP contribution < -0.4 is 10.6 Å². The molecule has 0 bridgehead atoms. The summed E-state index contributed by atoms with van der Waals surface area (Å²) in [7, 11) is -2.90. The predicted molar refractivity (Wildman–Crippen MR) is 146 cm³/mol. The van der Waals surface area contributed by atoms with Gasteiger partial charge in [-0.05, 0) is 68.6 Å². The van der Waals surface area contributed by atoms with Gasteiger partial charge in [-0.3, -0.25) is 4.90 Å². The topological polar surface area (TPSA) is 109 Å². The van der Waals surface area contributed by atoms with E-state index in [0.29, 0.717) is 16.9 Å². The first kappa shape index (κ1) is 26.1. The van der Waals surface area contributed by atoms with Crippen molar-refractivity contribution < 1.29 is 13.7 Å². The lowest BCUT2D eigenvalue weighted by molar-refractivity contribution is 0.164. The molecule has 0 aliphatic carbocycles. The zero-order chi connectivity index (χ0) is 25.5. The molecule has 4 rings (SSSR count). The molecule has 0 radical (unpaired) electrons. The molecule has 2 unspecified atom stereocenters. The fraction of sp³-hybridized carbons (Fsp3) is 0.400. The van der Waals surface area contributed by atoms with Crippen LogP contribution in [0, 0.1) is 0 Å². The largest absolute Gasteiger partial charge is 0.448 e. The van der Waals surface area contributed by atoms with E-state index in [0.717, 1.165) is 41.6 Å². The smallest absolute Gasteiger partial charge is 0.442 e. The maximum Gasteiger partial charge on any atom is 0.442 e.